The molecule has 1 aromatic heterocycles. The summed E-state index contributed by atoms with van der Waals surface area (Å²) in [6, 6.07) is 2.57. The highest BCUT2D eigenvalue weighted by molar-refractivity contribution is 7.89. The van der Waals surface area contributed by atoms with Crippen molar-refractivity contribution in [3.8, 4) is 0 Å². The van der Waals surface area contributed by atoms with Gasteiger partial charge in [-0.1, -0.05) is 0 Å². The molecule has 0 unspecified atom stereocenters. The van der Waals surface area contributed by atoms with E-state index in [4.69, 9.17) is 9.15 Å². The minimum absolute atomic E-state index is 0.0598. The number of hydrogen-bond acceptors (Lipinski definition) is 5. The Bertz CT molecular complexity index is 557. The maximum absolute atomic E-state index is 12.0. The fourth-order valence-corrected chi connectivity index (χ4v) is 2.75. The van der Waals surface area contributed by atoms with E-state index < -0.39 is 21.5 Å². The molecular weight excluding hydrogens is 284 g/mol. The van der Waals surface area contributed by atoms with Crippen molar-refractivity contribution in [1.82, 2.24) is 10.0 Å². The van der Waals surface area contributed by atoms with E-state index >= 15 is 0 Å². The Hall–Kier alpha value is -1.38. The van der Waals surface area contributed by atoms with Crippen LogP contribution < -0.4 is 10.0 Å². The summed E-state index contributed by atoms with van der Waals surface area (Å²) in [5, 5.41) is 2.25. The first-order chi connectivity index (χ1) is 9.15. The van der Waals surface area contributed by atoms with Crippen molar-refractivity contribution in [2.75, 3.05) is 20.3 Å². The third-order valence-corrected chi connectivity index (χ3v) is 3.73. The number of amides is 1. The first-order valence-corrected chi connectivity index (χ1v) is 7.55. The maximum Gasteiger partial charge on any atom is 0.287 e. The molecule has 7 nitrogen and oxygen atoms in total. The highest BCUT2D eigenvalue weighted by Gasteiger charge is 2.26. The van der Waals surface area contributed by atoms with Gasteiger partial charge in [-0.15, -0.1) is 0 Å². The molecule has 0 radical (unpaired) electrons. The molecule has 0 aromatic carbocycles. The summed E-state index contributed by atoms with van der Waals surface area (Å²) >= 11 is 0. The van der Waals surface area contributed by atoms with Crippen LogP contribution in [-0.2, 0) is 14.8 Å². The molecule has 0 bridgehead atoms. The van der Waals surface area contributed by atoms with Gasteiger partial charge in [0, 0.05) is 19.2 Å². The van der Waals surface area contributed by atoms with Gasteiger partial charge < -0.3 is 14.5 Å². The molecule has 20 heavy (non-hydrogen) atoms. The van der Waals surface area contributed by atoms with Gasteiger partial charge in [0.1, 0.15) is 0 Å². The van der Waals surface area contributed by atoms with Crippen LogP contribution in [0.3, 0.4) is 0 Å². The van der Waals surface area contributed by atoms with Crippen LogP contribution in [0.15, 0.2) is 21.6 Å². The molecule has 0 aliphatic heterocycles. The number of sulfonamides is 1. The van der Waals surface area contributed by atoms with Crippen LogP contribution in [0.5, 0.6) is 0 Å². The van der Waals surface area contributed by atoms with E-state index in [1.807, 2.05) is 0 Å². The SMILES string of the molecule is COCCNC(=O)c1ccc(S(=O)(=O)NC(C)(C)C)o1. The highest BCUT2D eigenvalue weighted by Crippen LogP contribution is 2.16. The summed E-state index contributed by atoms with van der Waals surface area (Å²) in [6.45, 7) is 5.82. The second kappa shape index (κ2) is 6.38. The summed E-state index contributed by atoms with van der Waals surface area (Å²) < 4.78 is 36.3. The predicted octanol–water partition coefficient (Wildman–Crippen LogP) is 0.733. The maximum atomic E-state index is 12.0. The molecule has 8 heteroatoms. The number of furan rings is 1. The lowest BCUT2D eigenvalue weighted by molar-refractivity contribution is 0.0904. The van der Waals surface area contributed by atoms with Crippen LogP contribution >= 0.6 is 0 Å². The average Bonchev–Trinajstić information content (AvgIpc) is 2.75. The van der Waals surface area contributed by atoms with Crippen LogP contribution in [0.2, 0.25) is 0 Å². The Kier molecular flexibility index (Phi) is 5.32. The van der Waals surface area contributed by atoms with E-state index in [0.29, 0.717) is 13.2 Å². The van der Waals surface area contributed by atoms with Crippen molar-refractivity contribution in [3.05, 3.63) is 17.9 Å². The van der Waals surface area contributed by atoms with Crippen molar-refractivity contribution in [2.24, 2.45) is 0 Å². The zero-order valence-corrected chi connectivity index (χ0v) is 12.8. The Labute approximate surface area is 118 Å². The number of carbonyl (C=O) groups excluding carboxylic acids is 1. The zero-order valence-electron chi connectivity index (χ0n) is 12.0. The molecule has 2 N–H and O–H groups in total. The number of carbonyl (C=O) groups is 1. The van der Waals surface area contributed by atoms with Gasteiger partial charge in [-0.05, 0) is 32.9 Å². The summed E-state index contributed by atoms with van der Waals surface area (Å²) in [5.41, 5.74) is -0.632. The second-order valence-electron chi connectivity index (χ2n) is 5.22. The standard InChI is InChI=1S/C12H20N2O5S/c1-12(2,3)14-20(16,17)10-6-5-9(19-10)11(15)13-7-8-18-4/h5-6,14H,7-8H2,1-4H3,(H,13,15). The molecule has 114 valence electrons. The van der Waals surface area contributed by atoms with Crippen LogP contribution in [0.1, 0.15) is 31.3 Å². The van der Waals surface area contributed by atoms with E-state index in [9.17, 15) is 13.2 Å². The van der Waals surface area contributed by atoms with Gasteiger partial charge in [0.2, 0.25) is 5.09 Å². The number of ether oxygens (including phenoxy) is 1. The highest BCUT2D eigenvalue weighted by atomic mass is 32.2. The summed E-state index contributed by atoms with van der Waals surface area (Å²) in [5.74, 6) is -0.547. The van der Waals surface area contributed by atoms with Gasteiger partial charge in [-0.3, -0.25) is 4.79 Å². The molecule has 0 atom stereocenters. The minimum atomic E-state index is -3.78. The molecular formula is C12H20N2O5S. The topological polar surface area (TPSA) is 97.6 Å². The Morgan fingerprint density at radius 3 is 2.55 bits per heavy atom. The third kappa shape index (κ3) is 4.95. The summed E-state index contributed by atoms with van der Waals surface area (Å²) in [4.78, 5) is 11.7. The quantitative estimate of drug-likeness (QED) is 0.755. The lowest BCUT2D eigenvalue weighted by Crippen LogP contribution is -2.40. The molecule has 0 saturated carbocycles. The lowest BCUT2D eigenvalue weighted by Gasteiger charge is -2.18. The van der Waals surface area contributed by atoms with Gasteiger partial charge in [0.05, 0.1) is 6.61 Å². The second-order valence-corrected chi connectivity index (χ2v) is 6.84. The fourth-order valence-electron chi connectivity index (χ4n) is 1.39. The van der Waals surface area contributed by atoms with Crippen LogP contribution in [0.25, 0.3) is 0 Å². The van der Waals surface area contributed by atoms with Crippen molar-refractivity contribution in [3.63, 3.8) is 0 Å². The summed E-state index contributed by atoms with van der Waals surface area (Å²) in [7, 11) is -2.26. The molecule has 0 aliphatic rings. The van der Waals surface area contributed by atoms with Crippen LogP contribution in [0, 0.1) is 0 Å². The molecule has 0 aliphatic carbocycles. The van der Waals surface area contributed by atoms with Crippen molar-refractivity contribution < 1.29 is 22.4 Å². The Morgan fingerprint density at radius 2 is 2.00 bits per heavy atom. The van der Waals surface area contributed by atoms with E-state index in [2.05, 4.69) is 10.0 Å². The molecule has 1 aromatic rings. The van der Waals surface area contributed by atoms with Gasteiger partial charge in [0.15, 0.2) is 5.76 Å². The molecule has 0 spiro atoms. The van der Waals surface area contributed by atoms with Gasteiger partial charge >= 0.3 is 0 Å². The van der Waals surface area contributed by atoms with Crippen molar-refractivity contribution in [1.29, 1.82) is 0 Å². The Balaban J connectivity index is 2.79. The molecule has 1 rings (SSSR count). The van der Waals surface area contributed by atoms with Crippen LogP contribution in [0.4, 0.5) is 0 Å². The number of methoxy groups -OCH3 is 1. The van der Waals surface area contributed by atoms with Gasteiger partial charge in [-0.2, -0.15) is 0 Å². The monoisotopic (exact) mass is 304 g/mol. The number of rotatable bonds is 6. The molecule has 1 heterocycles. The van der Waals surface area contributed by atoms with E-state index in [1.54, 1.807) is 20.8 Å². The van der Waals surface area contributed by atoms with E-state index in [-0.39, 0.29) is 10.9 Å². The number of hydrogen-bond donors (Lipinski definition) is 2. The molecule has 0 fully saturated rings. The van der Waals surface area contributed by atoms with Gasteiger partial charge in [-0.25, -0.2) is 13.1 Å². The Morgan fingerprint density at radius 1 is 1.35 bits per heavy atom. The number of nitrogens with one attached hydrogen (secondary N) is 2. The lowest BCUT2D eigenvalue weighted by atomic mass is 10.1. The first kappa shape index (κ1) is 16.7. The smallest absolute Gasteiger partial charge is 0.287 e. The normalized spacial score (nSPS) is 12.4. The largest absolute Gasteiger partial charge is 0.438 e. The molecule has 0 saturated heterocycles. The third-order valence-electron chi connectivity index (χ3n) is 2.10. The van der Waals surface area contributed by atoms with Crippen molar-refractivity contribution >= 4 is 15.9 Å². The zero-order chi connectivity index (χ0) is 15.4. The average molecular weight is 304 g/mol. The van der Waals surface area contributed by atoms with Crippen LogP contribution in [-0.4, -0.2) is 40.1 Å². The van der Waals surface area contributed by atoms with Gasteiger partial charge in [0.25, 0.3) is 15.9 Å². The van der Waals surface area contributed by atoms with Crippen molar-refractivity contribution in [2.45, 2.75) is 31.4 Å². The molecule has 1 amide bonds. The summed E-state index contributed by atoms with van der Waals surface area (Å²) in [6.07, 6.45) is 0. The van der Waals surface area contributed by atoms with E-state index in [0.717, 1.165) is 0 Å². The first-order valence-electron chi connectivity index (χ1n) is 6.07. The van der Waals surface area contributed by atoms with E-state index in [1.165, 1.54) is 19.2 Å². The fraction of sp³-hybridized carbons (Fsp3) is 0.583. The predicted molar refractivity (Wildman–Crippen MR) is 73.0 cm³/mol. The minimum Gasteiger partial charge on any atom is -0.438 e.